The Hall–Kier alpha value is -0.930. The van der Waals surface area contributed by atoms with Crippen LogP contribution in [-0.4, -0.2) is 5.11 Å². The molecule has 2 rings (SSSR count). The SMILES string of the molecule is Oc1ccc(Sc2ccccc2)cc1Br. The van der Waals surface area contributed by atoms with Crippen molar-refractivity contribution in [1.82, 2.24) is 0 Å². The first-order chi connectivity index (χ1) is 7.25. The van der Waals surface area contributed by atoms with Gasteiger partial charge >= 0.3 is 0 Å². The molecule has 1 N–H and O–H groups in total. The highest BCUT2D eigenvalue weighted by atomic mass is 79.9. The van der Waals surface area contributed by atoms with Crippen LogP contribution in [-0.2, 0) is 0 Å². The predicted molar refractivity (Wildman–Crippen MR) is 66.4 cm³/mol. The fraction of sp³-hybridized carbons (Fsp3) is 0. The number of hydrogen-bond acceptors (Lipinski definition) is 2. The van der Waals surface area contributed by atoms with Gasteiger partial charge < -0.3 is 5.11 Å². The zero-order chi connectivity index (χ0) is 10.7. The quantitative estimate of drug-likeness (QED) is 0.885. The molecule has 1 nitrogen and oxygen atoms in total. The van der Waals surface area contributed by atoms with Crippen molar-refractivity contribution < 1.29 is 5.11 Å². The molecular formula is C12H9BrOS. The summed E-state index contributed by atoms with van der Waals surface area (Å²) in [4.78, 5) is 2.29. The Morgan fingerprint density at radius 2 is 1.67 bits per heavy atom. The first-order valence-corrected chi connectivity index (χ1v) is 6.08. The maximum atomic E-state index is 9.35. The smallest absolute Gasteiger partial charge is 0.129 e. The van der Waals surface area contributed by atoms with Crippen LogP contribution in [0.2, 0.25) is 0 Å². The van der Waals surface area contributed by atoms with Crippen molar-refractivity contribution in [2.45, 2.75) is 9.79 Å². The van der Waals surface area contributed by atoms with Gasteiger partial charge in [-0.15, -0.1) is 0 Å². The number of aromatic hydroxyl groups is 1. The van der Waals surface area contributed by atoms with Gasteiger partial charge in [0.25, 0.3) is 0 Å². The minimum absolute atomic E-state index is 0.271. The zero-order valence-electron chi connectivity index (χ0n) is 7.85. The van der Waals surface area contributed by atoms with E-state index >= 15 is 0 Å². The monoisotopic (exact) mass is 280 g/mol. The third-order valence-corrected chi connectivity index (χ3v) is 3.53. The van der Waals surface area contributed by atoms with Crippen LogP contribution in [0.4, 0.5) is 0 Å². The molecule has 3 heteroatoms. The van der Waals surface area contributed by atoms with E-state index in [0.29, 0.717) is 0 Å². The molecule has 0 aliphatic carbocycles. The van der Waals surface area contributed by atoms with Crippen LogP contribution in [0.1, 0.15) is 0 Å². The van der Waals surface area contributed by atoms with Crippen molar-refractivity contribution in [3.63, 3.8) is 0 Å². The van der Waals surface area contributed by atoms with Gasteiger partial charge in [-0.05, 0) is 46.3 Å². The van der Waals surface area contributed by atoms with E-state index in [1.54, 1.807) is 17.8 Å². The molecule has 2 aromatic rings. The summed E-state index contributed by atoms with van der Waals surface area (Å²) in [6, 6.07) is 15.6. The standard InChI is InChI=1S/C12H9BrOS/c13-11-8-10(6-7-12(11)14)15-9-4-2-1-3-5-9/h1-8,14H. The molecule has 0 aliphatic heterocycles. The van der Waals surface area contributed by atoms with E-state index in [2.05, 4.69) is 28.1 Å². The maximum Gasteiger partial charge on any atom is 0.129 e. The Morgan fingerprint density at radius 1 is 0.933 bits per heavy atom. The third kappa shape index (κ3) is 2.76. The van der Waals surface area contributed by atoms with Gasteiger partial charge in [0, 0.05) is 9.79 Å². The van der Waals surface area contributed by atoms with Gasteiger partial charge in [-0.2, -0.15) is 0 Å². The molecule has 0 unspecified atom stereocenters. The number of halogens is 1. The first-order valence-electron chi connectivity index (χ1n) is 4.47. The van der Waals surface area contributed by atoms with Crippen molar-refractivity contribution in [1.29, 1.82) is 0 Å². The average molecular weight is 281 g/mol. The molecule has 0 bridgehead atoms. The van der Waals surface area contributed by atoms with Crippen molar-refractivity contribution >= 4 is 27.7 Å². The summed E-state index contributed by atoms with van der Waals surface area (Å²) < 4.78 is 0.725. The Labute approximate surface area is 101 Å². The van der Waals surface area contributed by atoms with E-state index in [9.17, 15) is 5.11 Å². The molecule has 0 radical (unpaired) electrons. The molecule has 0 aliphatic rings. The summed E-state index contributed by atoms with van der Waals surface area (Å²) in [6.07, 6.45) is 0. The summed E-state index contributed by atoms with van der Waals surface area (Å²) in [6.45, 7) is 0. The molecule has 15 heavy (non-hydrogen) atoms. The van der Waals surface area contributed by atoms with Crippen LogP contribution >= 0.6 is 27.7 Å². The highest BCUT2D eigenvalue weighted by Crippen LogP contribution is 2.32. The van der Waals surface area contributed by atoms with E-state index in [-0.39, 0.29) is 5.75 Å². The first kappa shape index (κ1) is 10.6. The lowest BCUT2D eigenvalue weighted by Gasteiger charge is -2.03. The highest BCUT2D eigenvalue weighted by Gasteiger charge is 2.00. The van der Waals surface area contributed by atoms with E-state index in [4.69, 9.17) is 0 Å². The summed E-state index contributed by atoms with van der Waals surface area (Å²) in [7, 11) is 0. The van der Waals surface area contributed by atoms with Crippen LogP contribution in [0.15, 0.2) is 62.8 Å². The molecule has 2 aromatic carbocycles. The lowest BCUT2D eigenvalue weighted by Crippen LogP contribution is -1.74. The fourth-order valence-corrected chi connectivity index (χ4v) is 2.58. The Bertz CT molecular complexity index is 456. The normalized spacial score (nSPS) is 10.2. The summed E-state index contributed by atoms with van der Waals surface area (Å²) in [5.74, 6) is 0.271. The minimum atomic E-state index is 0.271. The molecule has 0 spiro atoms. The Morgan fingerprint density at radius 3 is 2.33 bits per heavy atom. The minimum Gasteiger partial charge on any atom is -0.507 e. The van der Waals surface area contributed by atoms with Gasteiger partial charge in [-0.1, -0.05) is 30.0 Å². The maximum absolute atomic E-state index is 9.35. The van der Waals surface area contributed by atoms with Crippen molar-refractivity contribution in [3.8, 4) is 5.75 Å². The molecule has 0 atom stereocenters. The number of phenols is 1. The summed E-state index contributed by atoms with van der Waals surface area (Å²) in [5, 5.41) is 9.35. The molecule has 0 saturated heterocycles. The molecular weight excluding hydrogens is 272 g/mol. The topological polar surface area (TPSA) is 20.2 Å². The van der Waals surface area contributed by atoms with Gasteiger partial charge in [-0.25, -0.2) is 0 Å². The Balaban J connectivity index is 2.22. The van der Waals surface area contributed by atoms with E-state index in [1.807, 2.05) is 30.3 Å². The van der Waals surface area contributed by atoms with Crippen molar-refractivity contribution in [2.24, 2.45) is 0 Å². The lowest BCUT2D eigenvalue weighted by molar-refractivity contribution is 0.471. The Kier molecular flexibility index (Phi) is 3.34. The van der Waals surface area contributed by atoms with Crippen molar-refractivity contribution in [2.75, 3.05) is 0 Å². The molecule has 0 heterocycles. The van der Waals surface area contributed by atoms with Crippen LogP contribution in [0.25, 0.3) is 0 Å². The molecule has 0 aromatic heterocycles. The second-order valence-corrected chi connectivity index (χ2v) is 5.03. The van der Waals surface area contributed by atoms with Crippen LogP contribution in [0.5, 0.6) is 5.75 Å². The van der Waals surface area contributed by atoms with Crippen molar-refractivity contribution in [3.05, 3.63) is 53.0 Å². The zero-order valence-corrected chi connectivity index (χ0v) is 10.3. The van der Waals surface area contributed by atoms with Gasteiger partial charge in [-0.3, -0.25) is 0 Å². The molecule has 0 amide bonds. The number of rotatable bonds is 2. The predicted octanol–water partition coefficient (Wildman–Crippen LogP) is 4.31. The number of phenolic OH excluding ortho intramolecular Hbond substituents is 1. The van der Waals surface area contributed by atoms with Gasteiger partial charge in [0.2, 0.25) is 0 Å². The molecule has 76 valence electrons. The number of benzene rings is 2. The van der Waals surface area contributed by atoms with E-state index < -0.39 is 0 Å². The second kappa shape index (κ2) is 4.73. The number of hydrogen-bond donors (Lipinski definition) is 1. The summed E-state index contributed by atoms with van der Waals surface area (Å²) in [5.41, 5.74) is 0. The summed E-state index contributed by atoms with van der Waals surface area (Å²) >= 11 is 4.97. The third-order valence-electron chi connectivity index (χ3n) is 1.90. The molecule has 0 fully saturated rings. The van der Waals surface area contributed by atoms with Crippen LogP contribution < -0.4 is 0 Å². The van der Waals surface area contributed by atoms with E-state index in [1.165, 1.54) is 4.90 Å². The largest absolute Gasteiger partial charge is 0.507 e. The van der Waals surface area contributed by atoms with E-state index in [0.717, 1.165) is 9.37 Å². The average Bonchev–Trinajstić information content (AvgIpc) is 2.25. The fourth-order valence-electron chi connectivity index (χ4n) is 1.18. The molecule has 0 saturated carbocycles. The second-order valence-electron chi connectivity index (χ2n) is 3.03. The lowest BCUT2D eigenvalue weighted by atomic mass is 10.3. The van der Waals surface area contributed by atoms with Crippen LogP contribution in [0.3, 0.4) is 0 Å². The van der Waals surface area contributed by atoms with Gasteiger partial charge in [0.1, 0.15) is 5.75 Å². The van der Waals surface area contributed by atoms with Gasteiger partial charge in [0.05, 0.1) is 4.47 Å². The van der Waals surface area contributed by atoms with Gasteiger partial charge in [0.15, 0.2) is 0 Å². The highest BCUT2D eigenvalue weighted by molar-refractivity contribution is 9.10. The van der Waals surface area contributed by atoms with Crippen LogP contribution in [0, 0.1) is 0 Å².